The zero-order valence-electron chi connectivity index (χ0n) is 10.4. The van der Waals surface area contributed by atoms with Crippen molar-refractivity contribution >= 4 is 17.3 Å². The van der Waals surface area contributed by atoms with E-state index in [0.29, 0.717) is 31.3 Å². The number of rotatable bonds is 2. The maximum Gasteiger partial charge on any atom is 0.146 e. The summed E-state index contributed by atoms with van der Waals surface area (Å²) in [6.07, 6.45) is 4.92. The SMILES string of the molecule is N=C(N)C(=N)C1=C(O)[C@]2(CCCCC2=O)CCC1. The fraction of sp³-hybridized carbons (Fsp3) is 0.615. The molecule has 5 heteroatoms. The second kappa shape index (κ2) is 4.55. The van der Waals surface area contributed by atoms with Crippen LogP contribution < -0.4 is 5.73 Å². The lowest BCUT2D eigenvalue weighted by molar-refractivity contribution is -0.131. The fourth-order valence-electron chi connectivity index (χ4n) is 3.10. The summed E-state index contributed by atoms with van der Waals surface area (Å²) in [6.45, 7) is 0. The zero-order valence-corrected chi connectivity index (χ0v) is 10.4. The van der Waals surface area contributed by atoms with Crippen molar-refractivity contribution in [2.45, 2.75) is 44.9 Å². The van der Waals surface area contributed by atoms with Gasteiger partial charge in [0, 0.05) is 12.0 Å². The second-order valence-corrected chi connectivity index (χ2v) is 5.18. The highest BCUT2D eigenvalue weighted by Gasteiger charge is 2.46. The topological polar surface area (TPSA) is 111 Å². The van der Waals surface area contributed by atoms with Gasteiger partial charge in [-0.1, -0.05) is 6.42 Å². The maximum absolute atomic E-state index is 12.2. The van der Waals surface area contributed by atoms with E-state index in [4.69, 9.17) is 16.6 Å². The number of hydrogen-bond acceptors (Lipinski definition) is 4. The first-order valence-electron chi connectivity index (χ1n) is 6.38. The van der Waals surface area contributed by atoms with Crippen molar-refractivity contribution in [2.75, 3.05) is 0 Å². The van der Waals surface area contributed by atoms with Crippen LogP contribution in [0.2, 0.25) is 0 Å². The van der Waals surface area contributed by atoms with E-state index in [-0.39, 0.29) is 23.1 Å². The molecule has 5 nitrogen and oxygen atoms in total. The monoisotopic (exact) mass is 249 g/mol. The standard InChI is InChI=1S/C13H19N3O2/c14-10(12(15)16)8-4-3-7-13(11(8)18)6-2-1-5-9(13)17/h14,18H,1-7H2,(H3,15,16)/t13-/m1/s1. The molecule has 0 aromatic rings. The predicted molar refractivity (Wildman–Crippen MR) is 69.1 cm³/mol. The van der Waals surface area contributed by atoms with Gasteiger partial charge in [0.2, 0.25) is 0 Å². The quantitative estimate of drug-likeness (QED) is 0.444. The van der Waals surface area contributed by atoms with Crippen LogP contribution in [0.15, 0.2) is 11.3 Å². The van der Waals surface area contributed by atoms with Gasteiger partial charge in [0.1, 0.15) is 23.1 Å². The molecule has 1 saturated carbocycles. The van der Waals surface area contributed by atoms with Gasteiger partial charge >= 0.3 is 0 Å². The molecule has 1 fully saturated rings. The molecule has 2 aliphatic rings. The molecule has 18 heavy (non-hydrogen) atoms. The molecule has 0 heterocycles. The van der Waals surface area contributed by atoms with Crippen molar-refractivity contribution in [1.82, 2.24) is 0 Å². The highest BCUT2D eigenvalue weighted by molar-refractivity contribution is 6.44. The van der Waals surface area contributed by atoms with E-state index in [1.807, 2.05) is 0 Å². The molecule has 0 aromatic heterocycles. The van der Waals surface area contributed by atoms with Crippen LogP contribution in [0.5, 0.6) is 0 Å². The maximum atomic E-state index is 12.2. The smallest absolute Gasteiger partial charge is 0.146 e. The number of hydrogen-bond donors (Lipinski definition) is 4. The number of aliphatic hydroxyl groups excluding tert-OH is 1. The summed E-state index contributed by atoms with van der Waals surface area (Å²) >= 11 is 0. The highest BCUT2D eigenvalue weighted by atomic mass is 16.3. The second-order valence-electron chi connectivity index (χ2n) is 5.18. The van der Waals surface area contributed by atoms with Gasteiger partial charge in [-0.05, 0) is 32.1 Å². The van der Waals surface area contributed by atoms with Crippen LogP contribution >= 0.6 is 0 Å². The number of allylic oxidation sites excluding steroid dienone is 1. The summed E-state index contributed by atoms with van der Waals surface area (Å²) in [6, 6.07) is 0. The number of Topliss-reactive ketones (excluding diaryl/α,β-unsaturated/α-hetero) is 1. The summed E-state index contributed by atoms with van der Waals surface area (Å²) in [5, 5.41) is 25.5. The summed E-state index contributed by atoms with van der Waals surface area (Å²) in [7, 11) is 0. The molecule has 0 aliphatic heterocycles. The summed E-state index contributed by atoms with van der Waals surface area (Å²) in [5.74, 6) is -0.254. The van der Waals surface area contributed by atoms with Crippen molar-refractivity contribution in [3.8, 4) is 0 Å². The van der Waals surface area contributed by atoms with Crippen molar-refractivity contribution in [3.05, 3.63) is 11.3 Å². The first kappa shape index (κ1) is 12.8. The van der Waals surface area contributed by atoms with Crippen LogP contribution in [0.25, 0.3) is 0 Å². The van der Waals surface area contributed by atoms with Gasteiger partial charge in [-0.2, -0.15) is 0 Å². The summed E-state index contributed by atoms with van der Waals surface area (Å²) in [4.78, 5) is 12.2. The molecule has 0 bridgehead atoms. The molecule has 0 unspecified atom stereocenters. The average molecular weight is 249 g/mol. The largest absolute Gasteiger partial charge is 0.511 e. The Morgan fingerprint density at radius 1 is 1.17 bits per heavy atom. The van der Waals surface area contributed by atoms with Crippen LogP contribution in [-0.2, 0) is 4.79 Å². The van der Waals surface area contributed by atoms with Crippen LogP contribution in [0.1, 0.15) is 44.9 Å². The van der Waals surface area contributed by atoms with E-state index in [0.717, 1.165) is 19.3 Å². The Labute approximate surface area is 106 Å². The van der Waals surface area contributed by atoms with Gasteiger partial charge < -0.3 is 10.8 Å². The molecule has 98 valence electrons. The van der Waals surface area contributed by atoms with Gasteiger partial charge in [-0.3, -0.25) is 15.6 Å². The lowest BCUT2D eigenvalue weighted by atomic mass is 9.64. The number of amidine groups is 1. The predicted octanol–water partition coefficient (Wildman–Crippen LogP) is 2.07. The Bertz CT molecular complexity index is 453. The van der Waals surface area contributed by atoms with E-state index in [1.54, 1.807) is 0 Å². The Kier molecular flexibility index (Phi) is 3.24. The van der Waals surface area contributed by atoms with Gasteiger partial charge in [-0.25, -0.2) is 0 Å². The normalized spacial score (nSPS) is 28.6. The van der Waals surface area contributed by atoms with E-state index in [9.17, 15) is 9.90 Å². The number of nitrogens with one attached hydrogen (secondary N) is 2. The summed E-state index contributed by atoms with van der Waals surface area (Å²) in [5.41, 5.74) is 4.78. The molecule has 0 saturated heterocycles. The Morgan fingerprint density at radius 3 is 2.44 bits per heavy atom. The third kappa shape index (κ3) is 1.83. The Morgan fingerprint density at radius 2 is 1.83 bits per heavy atom. The van der Waals surface area contributed by atoms with Gasteiger partial charge in [0.05, 0.1) is 5.41 Å². The van der Waals surface area contributed by atoms with E-state index >= 15 is 0 Å². The van der Waals surface area contributed by atoms with Crippen molar-refractivity contribution < 1.29 is 9.90 Å². The molecule has 1 atom stereocenters. The Hall–Kier alpha value is -1.65. The molecule has 0 aromatic carbocycles. The lowest BCUT2D eigenvalue weighted by Gasteiger charge is -2.39. The molecule has 0 amide bonds. The fourth-order valence-corrected chi connectivity index (χ4v) is 3.10. The van der Waals surface area contributed by atoms with Crippen molar-refractivity contribution in [1.29, 1.82) is 10.8 Å². The minimum Gasteiger partial charge on any atom is -0.511 e. The van der Waals surface area contributed by atoms with Gasteiger partial charge in [-0.15, -0.1) is 0 Å². The minimum absolute atomic E-state index is 0.0126. The van der Waals surface area contributed by atoms with E-state index in [2.05, 4.69) is 0 Å². The van der Waals surface area contributed by atoms with E-state index in [1.165, 1.54) is 0 Å². The molecule has 0 radical (unpaired) electrons. The van der Waals surface area contributed by atoms with Crippen LogP contribution in [0.3, 0.4) is 0 Å². The van der Waals surface area contributed by atoms with Gasteiger partial charge in [0.15, 0.2) is 0 Å². The molecular formula is C13H19N3O2. The third-order valence-corrected chi connectivity index (χ3v) is 4.13. The van der Waals surface area contributed by atoms with Crippen molar-refractivity contribution in [2.24, 2.45) is 11.1 Å². The average Bonchev–Trinajstić information content (AvgIpc) is 2.35. The van der Waals surface area contributed by atoms with Crippen LogP contribution in [-0.4, -0.2) is 22.4 Å². The number of carbonyl (C=O) groups excluding carboxylic acids is 1. The molecule has 2 rings (SSSR count). The van der Waals surface area contributed by atoms with Crippen LogP contribution in [0, 0.1) is 16.2 Å². The summed E-state index contributed by atoms with van der Waals surface area (Å²) < 4.78 is 0. The van der Waals surface area contributed by atoms with Crippen molar-refractivity contribution in [3.63, 3.8) is 0 Å². The van der Waals surface area contributed by atoms with Crippen LogP contribution in [0.4, 0.5) is 0 Å². The molecular weight excluding hydrogens is 230 g/mol. The number of nitrogens with two attached hydrogens (primary N) is 1. The number of carbonyl (C=O) groups is 1. The molecule has 2 aliphatic carbocycles. The minimum atomic E-state index is -0.784. The van der Waals surface area contributed by atoms with Gasteiger partial charge in [0.25, 0.3) is 0 Å². The molecule has 1 spiro atoms. The van der Waals surface area contributed by atoms with E-state index < -0.39 is 5.41 Å². The third-order valence-electron chi connectivity index (χ3n) is 4.13. The first-order chi connectivity index (χ1) is 8.49. The first-order valence-corrected chi connectivity index (χ1v) is 6.38. The Balaban J connectivity index is 2.44. The number of aliphatic hydroxyl groups is 1. The highest BCUT2D eigenvalue weighted by Crippen LogP contribution is 2.47. The molecule has 5 N–H and O–H groups in total. The number of ketones is 1. The zero-order chi connectivity index (χ0) is 13.3. The lowest BCUT2D eigenvalue weighted by Crippen LogP contribution is -2.40.